The van der Waals surface area contributed by atoms with Crippen molar-refractivity contribution in [2.75, 3.05) is 19.8 Å². The number of carbonyl (C=O) groups excluding carboxylic acids is 3. The molecule has 0 aromatic rings. The van der Waals surface area contributed by atoms with Crippen LogP contribution in [0.3, 0.4) is 0 Å². The van der Waals surface area contributed by atoms with Gasteiger partial charge in [-0.2, -0.15) is 0 Å². The number of amides is 2. The molecular formula is C17H25BrN2O5S. The molecule has 0 aromatic heterocycles. The smallest absolute Gasteiger partial charge is 0.310 e. The molecule has 2 amide bonds. The van der Waals surface area contributed by atoms with Crippen LogP contribution < -0.4 is 5.32 Å². The number of rotatable bonds is 6. The number of likely N-dealkylation sites (tertiary alicyclic amines) is 1. The minimum absolute atomic E-state index is 0.0365. The molecule has 7 nitrogen and oxygen atoms in total. The number of ether oxygens (including phenoxy) is 1. The highest BCUT2D eigenvalue weighted by molar-refractivity contribution is 9.09. The topological polar surface area (TPSA) is 95.9 Å². The second kappa shape index (κ2) is 7.31. The van der Waals surface area contributed by atoms with Crippen molar-refractivity contribution < 1.29 is 24.2 Å². The number of esters is 1. The van der Waals surface area contributed by atoms with Gasteiger partial charge in [-0.05, 0) is 27.2 Å². The van der Waals surface area contributed by atoms with E-state index in [1.165, 1.54) is 4.90 Å². The van der Waals surface area contributed by atoms with Crippen LogP contribution in [0.1, 0.15) is 27.2 Å². The summed E-state index contributed by atoms with van der Waals surface area (Å²) in [7, 11) is 0. The molecule has 146 valence electrons. The minimum Gasteiger partial charge on any atom is -0.466 e. The molecule has 2 N–H and O–H groups in total. The van der Waals surface area contributed by atoms with E-state index < -0.39 is 22.6 Å². The molecule has 3 unspecified atom stereocenters. The third-order valence-electron chi connectivity index (χ3n) is 5.37. The van der Waals surface area contributed by atoms with Gasteiger partial charge in [-0.25, -0.2) is 0 Å². The number of hydrogen-bond acceptors (Lipinski definition) is 6. The second-order valence-corrected chi connectivity index (χ2v) is 10.1. The maximum atomic E-state index is 13.2. The molecule has 2 bridgehead atoms. The average molecular weight is 449 g/mol. The van der Waals surface area contributed by atoms with Gasteiger partial charge >= 0.3 is 5.97 Å². The summed E-state index contributed by atoms with van der Waals surface area (Å²) in [5.41, 5.74) is 0. The monoisotopic (exact) mass is 448 g/mol. The Balaban J connectivity index is 2.02. The normalized spacial score (nSPS) is 38.0. The van der Waals surface area contributed by atoms with Gasteiger partial charge in [0.15, 0.2) is 0 Å². The number of carbonyl (C=O) groups is 3. The number of aliphatic hydroxyl groups is 1. The van der Waals surface area contributed by atoms with Crippen LogP contribution in [0.25, 0.3) is 0 Å². The zero-order valence-electron chi connectivity index (χ0n) is 15.1. The van der Waals surface area contributed by atoms with Gasteiger partial charge in [0.05, 0.1) is 29.8 Å². The summed E-state index contributed by atoms with van der Waals surface area (Å²) in [6.07, 6.45) is 0.632. The number of nitrogens with zero attached hydrogens (tertiary/aromatic N) is 1. The zero-order valence-corrected chi connectivity index (χ0v) is 17.5. The Morgan fingerprint density at radius 3 is 2.77 bits per heavy atom. The van der Waals surface area contributed by atoms with E-state index in [1.54, 1.807) is 18.7 Å². The van der Waals surface area contributed by atoms with E-state index in [-0.39, 0.29) is 53.7 Å². The van der Waals surface area contributed by atoms with E-state index in [0.29, 0.717) is 6.42 Å². The summed E-state index contributed by atoms with van der Waals surface area (Å²) in [6.45, 7) is 5.59. The van der Waals surface area contributed by atoms with Crippen LogP contribution in [0.15, 0.2) is 0 Å². The van der Waals surface area contributed by atoms with E-state index >= 15 is 0 Å². The van der Waals surface area contributed by atoms with Crippen LogP contribution in [0.2, 0.25) is 0 Å². The molecule has 3 aliphatic heterocycles. The molecule has 3 rings (SSSR count). The Kier molecular flexibility index (Phi) is 5.61. The molecular weight excluding hydrogens is 424 g/mol. The molecule has 9 heteroatoms. The lowest BCUT2D eigenvalue weighted by atomic mass is 9.71. The minimum atomic E-state index is -0.691. The van der Waals surface area contributed by atoms with E-state index in [9.17, 15) is 19.5 Å². The van der Waals surface area contributed by atoms with Gasteiger partial charge in [-0.1, -0.05) is 15.9 Å². The third-order valence-corrected chi connectivity index (χ3v) is 8.59. The van der Waals surface area contributed by atoms with Crippen LogP contribution in [0.4, 0.5) is 0 Å². The molecule has 0 aromatic carbocycles. The Morgan fingerprint density at radius 2 is 2.19 bits per heavy atom. The Bertz CT molecular complexity index is 618. The van der Waals surface area contributed by atoms with E-state index in [0.717, 1.165) is 0 Å². The number of halogens is 1. The predicted octanol–water partition coefficient (Wildman–Crippen LogP) is 0.531. The summed E-state index contributed by atoms with van der Waals surface area (Å²) in [4.78, 5) is 40.3. The van der Waals surface area contributed by atoms with E-state index in [2.05, 4.69) is 21.2 Å². The highest BCUT2D eigenvalue weighted by Gasteiger charge is 2.75. The van der Waals surface area contributed by atoms with Gasteiger partial charge < -0.3 is 20.1 Å². The van der Waals surface area contributed by atoms with Crippen LogP contribution >= 0.6 is 27.7 Å². The first-order chi connectivity index (χ1) is 12.3. The predicted molar refractivity (Wildman–Crippen MR) is 101 cm³/mol. The van der Waals surface area contributed by atoms with Gasteiger partial charge in [0.1, 0.15) is 6.04 Å². The lowest BCUT2D eigenvalue weighted by molar-refractivity contribution is -0.153. The Hall–Kier alpha value is -0.800. The summed E-state index contributed by atoms with van der Waals surface area (Å²) < 4.78 is 4.58. The van der Waals surface area contributed by atoms with Crippen molar-refractivity contribution in [3.63, 3.8) is 0 Å². The lowest BCUT2D eigenvalue weighted by Gasteiger charge is -2.35. The van der Waals surface area contributed by atoms with Crippen molar-refractivity contribution in [2.24, 2.45) is 11.8 Å². The highest BCUT2D eigenvalue weighted by atomic mass is 79.9. The summed E-state index contributed by atoms with van der Waals surface area (Å²) in [5, 5.41) is 12.3. The molecule has 26 heavy (non-hydrogen) atoms. The number of β-amino-alcohol motifs (C(OH)–C–C–N with tert-alkyl or cyclic N) is 1. The van der Waals surface area contributed by atoms with Crippen molar-refractivity contribution in [3.8, 4) is 0 Å². The molecule has 6 atom stereocenters. The first-order valence-electron chi connectivity index (χ1n) is 8.98. The molecule has 0 radical (unpaired) electrons. The maximum absolute atomic E-state index is 13.2. The van der Waals surface area contributed by atoms with Crippen molar-refractivity contribution in [3.05, 3.63) is 0 Å². The van der Waals surface area contributed by atoms with Crippen molar-refractivity contribution >= 4 is 45.5 Å². The zero-order chi connectivity index (χ0) is 19.2. The van der Waals surface area contributed by atoms with Crippen LogP contribution in [-0.2, 0) is 19.1 Å². The molecule has 1 spiro atoms. The summed E-state index contributed by atoms with van der Waals surface area (Å²) >= 11 is 5.22. The van der Waals surface area contributed by atoms with Crippen molar-refractivity contribution in [1.82, 2.24) is 10.2 Å². The summed E-state index contributed by atoms with van der Waals surface area (Å²) in [6, 6.07) is -0.753. The molecule has 3 aliphatic rings. The largest absolute Gasteiger partial charge is 0.466 e. The number of fused-ring (bicyclic) bond motifs is 1. The van der Waals surface area contributed by atoms with Gasteiger partial charge in [0.2, 0.25) is 11.8 Å². The maximum Gasteiger partial charge on any atom is 0.310 e. The third kappa shape index (κ3) is 2.86. The number of thioether (sulfide) groups is 1. The summed E-state index contributed by atoms with van der Waals surface area (Å²) in [5.74, 6) is -1.97. The molecule has 0 saturated carbocycles. The van der Waals surface area contributed by atoms with E-state index in [4.69, 9.17) is 4.74 Å². The number of alkyl halides is 1. The first-order valence-corrected chi connectivity index (χ1v) is 10.8. The quantitative estimate of drug-likeness (QED) is 0.454. The van der Waals surface area contributed by atoms with Gasteiger partial charge in [0, 0.05) is 22.7 Å². The first kappa shape index (κ1) is 19.9. The lowest BCUT2D eigenvalue weighted by Crippen LogP contribution is -2.55. The SMILES string of the molecule is CCOC(=O)[C@H]1[C@@H]2SC3(CC2Br)C(C(=O)NC(C)C)N(CCO)C(=O)[C@H]13. The second-order valence-electron chi connectivity index (χ2n) is 7.33. The molecule has 0 aliphatic carbocycles. The van der Waals surface area contributed by atoms with Gasteiger partial charge in [-0.3, -0.25) is 14.4 Å². The highest BCUT2D eigenvalue weighted by Crippen LogP contribution is 2.67. The van der Waals surface area contributed by atoms with Crippen LogP contribution in [0, 0.1) is 11.8 Å². The van der Waals surface area contributed by atoms with Crippen molar-refractivity contribution in [2.45, 2.75) is 54.1 Å². The fourth-order valence-corrected chi connectivity index (χ4v) is 8.25. The standard InChI is InChI=1S/C17H25BrN2O5S/c1-4-25-16(24)10-11-15(23)20(5-6-21)13(14(22)19-8(2)3)17(11)7-9(18)12(10)26-17/h8-13,21H,4-7H2,1-3H3,(H,19,22)/t9?,10-,11+,12-,13?,17?/m1/s1. The van der Waals surface area contributed by atoms with Crippen LogP contribution in [-0.4, -0.2) is 74.5 Å². The Morgan fingerprint density at radius 1 is 1.50 bits per heavy atom. The molecule has 3 heterocycles. The number of nitrogens with one attached hydrogen (secondary N) is 1. The fraction of sp³-hybridized carbons (Fsp3) is 0.824. The van der Waals surface area contributed by atoms with Crippen LogP contribution in [0.5, 0.6) is 0 Å². The Labute approximate surface area is 165 Å². The van der Waals surface area contributed by atoms with Crippen molar-refractivity contribution in [1.29, 1.82) is 0 Å². The van der Waals surface area contributed by atoms with E-state index in [1.807, 2.05) is 13.8 Å². The number of aliphatic hydroxyl groups excluding tert-OH is 1. The van der Waals surface area contributed by atoms with Gasteiger partial charge in [-0.15, -0.1) is 11.8 Å². The molecule has 3 saturated heterocycles. The van der Waals surface area contributed by atoms with Gasteiger partial charge in [0.25, 0.3) is 0 Å². The number of hydrogen-bond donors (Lipinski definition) is 2. The average Bonchev–Trinajstić information content (AvgIpc) is 3.12. The fourth-order valence-electron chi connectivity index (χ4n) is 4.65. The molecule has 3 fully saturated rings.